The number of aromatic amines is 1. The molecule has 0 aliphatic rings. The average Bonchev–Trinajstić information content (AvgIpc) is 2.65. The number of aromatic nitrogens is 2. The first kappa shape index (κ1) is 24.0. The Balaban J connectivity index is 1.86. The normalized spacial score (nSPS) is 12.9. The SMILES string of the molecule is Cc1nccc2c1c(=O)[nH]c1cc(OC[C@H](CC(C)C)NC(=O)OC(C)(C)C)c(Br)cc12. The smallest absolute Gasteiger partial charge is 0.407 e. The summed E-state index contributed by atoms with van der Waals surface area (Å²) in [7, 11) is 0. The minimum absolute atomic E-state index is 0.185. The van der Waals surface area contributed by atoms with Crippen LogP contribution in [-0.4, -0.2) is 34.3 Å². The Morgan fingerprint density at radius 3 is 2.62 bits per heavy atom. The average molecular weight is 504 g/mol. The molecule has 2 aromatic heterocycles. The van der Waals surface area contributed by atoms with Crippen LogP contribution in [0.25, 0.3) is 21.7 Å². The fraction of sp³-hybridized carbons (Fsp3) is 0.458. The zero-order valence-electron chi connectivity index (χ0n) is 19.3. The monoisotopic (exact) mass is 503 g/mol. The number of alkyl carbamates (subject to hydrolysis) is 1. The number of hydrogen-bond donors (Lipinski definition) is 2. The van der Waals surface area contributed by atoms with Gasteiger partial charge in [0.1, 0.15) is 18.0 Å². The molecule has 1 amide bonds. The Kier molecular flexibility index (Phi) is 7.12. The van der Waals surface area contributed by atoms with Crippen LogP contribution in [0, 0.1) is 12.8 Å². The van der Waals surface area contributed by atoms with Gasteiger partial charge in [0.05, 0.1) is 27.1 Å². The number of nitrogens with one attached hydrogen (secondary N) is 2. The quantitative estimate of drug-likeness (QED) is 0.435. The van der Waals surface area contributed by atoms with Crippen LogP contribution in [0.15, 0.2) is 33.7 Å². The van der Waals surface area contributed by atoms with Crippen molar-refractivity contribution >= 4 is 43.7 Å². The molecule has 0 fully saturated rings. The van der Waals surface area contributed by atoms with Crippen molar-refractivity contribution in [3.8, 4) is 5.75 Å². The lowest BCUT2D eigenvalue weighted by atomic mass is 10.0. The number of hydrogen-bond acceptors (Lipinski definition) is 5. The number of halogens is 1. The van der Waals surface area contributed by atoms with Crippen LogP contribution in [-0.2, 0) is 4.74 Å². The molecule has 2 N–H and O–H groups in total. The minimum atomic E-state index is -0.572. The molecule has 32 heavy (non-hydrogen) atoms. The van der Waals surface area contributed by atoms with Gasteiger partial charge in [0.15, 0.2) is 0 Å². The summed E-state index contributed by atoms with van der Waals surface area (Å²) in [6.45, 7) is 11.7. The van der Waals surface area contributed by atoms with Gasteiger partial charge in [-0.05, 0) is 73.5 Å². The predicted molar refractivity (Wildman–Crippen MR) is 130 cm³/mol. The molecule has 0 radical (unpaired) electrons. The molecule has 0 aliphatic heterocycles. The Labute approximate surface area is 196 Å². The van der Waals surface area contributed by atoms with E-state index in [1.54, 1.807) is 12.3 Å². The third-order valence-electron chi connectivity index (χ3n) is 4.89. The number of ether oxygens (including phenoxy) is 2. The lowest BCUT2D eigenvalue weighted by molar-refractivity contribution is 0.0480. The maximum absolute atomic E-state index is 12.6. The van der Waals surface area contributed by atoms with E-state index < -0.39 is 11.7 Å². The second-order valence-corrected chi connectivity index (χ2v) is 10.2. The van der Waals surface area contributed by atoms with E-state index in [0.29, 0.717) is 28.3 Å². The lowest BCUT2D eigenvalue weighted by Crippen LogP contribution is -2.42. The first-order chi connectivity index (χ1) is 14.9. The molecule has 0 spiro atoms. The summed E-state index contributed by atoms with van der Waals surface area (Å²) >= 11 is 3.59. The number of carbonyl (C=O) groups excluding carboxylic acids is 1. The zero-order valence-corrected chi connectivity index (χ0v) is 20.9. The van der Waals surface area contributed by atoms with Gasteiger partial charge in [-0.3, -0.25) is 9.78 Å². The van der Waals surface area contributed by atoms with Crippen LogP contribution in [0.5, 0.6) is 5.75 Å². The Hall–Kier alpha value is -2.61. The van der Waals surface area contributed by atoms with Gasteiger partial charge in [-0.25, -0.2) is 4.79 Å². The molecule has 8 heteroatoms. The van der Waals surface area contributed by atoms with E-state index in [9.17, 15) is 9.59 Å². The molecular formula is C24H30BrN3O4. The fourth-order valence-corrected chi connectivity index (χ4v) is 4.11. The van der Waals surface area contributed by atoms with Gasteiger partial charge in [0, 0.05) is 17.6 Å². The van der Waals surface area contributed by atoms with Gasteiger partial charge in [-0.15, -0.1) is 0 Å². The first-order valence-corrected chi connectivity index (χ1v) is 11.5. The molecule has 0 bridgehead atoms. The number of rotatable bonds is 6. The van der Waals surface area contributed by atoms with Gasteiger partial charge in [0.2, 0.25) is 0 Å². The van der Waals surface area contributed by atoms with Crippen molar-refractivity contribution < 1.29 is 14.3 Å². The number of amides is 1. The van der Waals surface area contributed by atoms with Crippen LogP contribution in [0.4, 0.5) is 4.79 Å². The Morgan fingerprint density at radius 1 is 1.25 bits per heavy atom. The zero-order chi connectivity index (χ0) is 23.6. The standard InChI is InChI=1S/C24H30BrN3O4/c1-13(2)9-15(27-23(30)32-24(4,5)6)12-31-20-11-19-17(10-18(20)25)16-7-8-26-14(3)21(16)22(29)28-19/h7-8,10-11,13,15H,9,12H2,1-6H3,(H,27,30)(H,28,29)/t15-/m0/s1. The topological polar surface area (TPSA) is 93.3 Å². The first-order valence-electron chi connectivity index (χ1n) is 10.7. The number of H-pyrrole nitrogens is 1. The van der Waals surface area contributed by atoms with E-state index in [2.05, 4.69) is 45.1 Å². The van der Waals surface area contributed by atoms with Gasteiger partial charge >= 0.3 is 6.09 Å². The third kappa shape index (κ3) is 5.79. The number of pyridine rings is 2. The van der Waals surface area contributed by atoms with Crippen molar-refractivity contribution in [1.82, 2.24) is 15.3 Å². The highest BCUT2D eigenvalue weighted by atomic mass is 79.9. The number of fused-ring (bicyclic) bond motifs is 3. The second-order valence-electron chi connectivity index (χ2n) is 9.38. The minimum Gasteiger partial charge on any atom is -0.490 e. The summed E-state index contributed by atoms with van der Waals surface area (Å²) in [5.41, 5.74) is 0.603. The summed E-state index contributed by atoms with van der Waals surface area (Å²) in [6, 6.07) is 5.35. The molecule has 7 nitrogen and oxygen atoms in total. The van der Waals surface area contributed by atoms with Crippen molar-refractivity contribution in [2.45, 2.75) is 59.6 Å². The number of carbonyl (C=O) groups is 1. The Morgan fingerprint density at radius 2 is 1.97 bits per heavy atom. The summed E-state index contributed by atoms with van der Waals surface area (Å²) in [4.78, 5) is 32.0. The van der Waals surface area contributed by atoms with E-state index in [1.165, 1.54) is 0 Å². The van der Waals surface area contributed by atoms with E-state index in [4.69, 9.17) is 9.47 Å². The van der Waals surface area contributed by atoms with Crippen LogP contribution in [0.3, 0.4) is 0 Å². The molecule has 1 atom stereocenters. The summed E-state index contributed by atoms with van der Waals surface area (Å²) in [5.74, 6) is 0.941. The van der Waals surface area contributed by atoms with Crippen molar-refractivity contribution in [1.29, 1.82) is 0 Å². The fourth-order valence-electron chi connectivity index (χ4n) is 3.65. The van der Waals surface area contributed by atoms with Crippen LogP contribution in [0.1, 0.15) is 46.7 Å². The highest BCUT2D eigenvalue weighted by Gasteiger charge is 2.21. The van der Waals surface area contributed by atoms with Crippen molar-refractivity contribution in [3.05, 3.63) is 44.9 Å². The number of benzene rings is 1. The molecule has 0 saturated heterocycles. The Bertz CT molecular complexity index is 1200. The van der Waals surface area contributed by atoms with Gasteiger partial charge in [-0.1, -0.05) is 13.8 Å². The summed E-state index contributed by atoms with van der Waals surface area (Å²) in [6.07, 6.45) is 1.97. The van der Waals surface area contributed by atoms with Crippen LogP contribution >= 0.6 is 15.9 Å². The van der Waals surface area contributed by atoms with Gasteiger partial charge < -0.3 is 19.8 Å². The molecule has 0 unspecified atom stereocenters. The molecule has 2 heterocycles. The molecule has 0 aliphatic carbocycles. The van der Waals surface area contributed by atoms with E-state index in [0.717, 1.165) is 21.7 Å². The van der Waals surface area contributed by atoms with Crippen molar-refractivity contribution in [2.24, 2.45) is 5.92 Å². The highest BCUT2D eigenvalue weighted by Crippen LogP contribution is 2.33. The van der Waals surface area contributed by atoms with E-state index >= 15 is 0 Å². The largest absolute Gasteiger partial charge is 0.490 e. The molecule has 0 saturated carbocycles. The third-order valence-corrected chi connectivity index (χ3v) is 5.51. The predicted octanol–water partition coefficient (Wildman–Crippen LogP) is 5.47. The molecule has 172 valence electrons. The number of nitrogens with zero attached hydrogens (tertiary/aromatic N) is 1. The van der Waals surface area contributed by atoms with Crippen molar-refractivity contribution in [3.63, 3.8) is 0 Å². The molecule has 3 rings (SSSR count). The number of aryl methyl sites for hydroxylation is 1. The van der Waals surface area contributed by atoms with E-state index in [-0.39, 0.29) is 18.2 Å². The van der Waals surface area contributed by atoms with E-state index in [1.807, 2.05) is 39.8 Å². The molecule has 3 aromatic rings. The maximum atomic E-state index is 12.6. The highest BCUT2D eigenvalue weighted by molar-refractivity contribution is 9.10. The van der Waals surface area contributed by atoms with Gasteiger partial charge in [-0.2, -0.15) is 0 Å². The van der Waals surface area contributed by atoms with Crippen LogP contribution < -0.4 is 15.6 Å². The summed E-state index contributed by atoms with van der Waals surface area (Å²) in [5, 5.41) is 5.23. The van der Waals surface area contributed by atoms with Crippen LogP contribution in [0.2, 0.25) is 0 Å². The molecule has 1 aromatic carbocycles. The summed E-state index contributed by atoms with van der Waals surface area (Å²) < 4.78 is 12.2. The van der Waals surface area contributed by atoms with Gasteiger partial charge in [0.25, 0.3) is 5.56 Å². The maximum Gasteiger partial charge on any atom is 0.407 e. The second kappa shape index (κ2) is 9.48. The molecular weight excluding hydrogens is 474 g/mol. The lowest BCUT2D eigenvalue weighted by Gasteiger charge is -2.25. The van der Waals surface area contributed by atoms with Crippen molar-refractivity contribution in [2.75, 3.05) is 6.61 Å².